The molecule has 0 atom stereocenters. The molecule has 0 heterocycles. The molecule has 0 aromatic heterocycles. The van der Waals surface area contributed by atoms with Crippen LogP contribution in [0, 0.1) is 0 Å². The van der Waals surface area contributed by atoms with Gasteiger partial charge in [0.15, 0.2) is 0 Å². The van der Waals surface area contributed by atoms with E-state index in [1.165, 1.54) is 0 Å². The molecular formula is C8H12O3. The summed E-state index contributed by atoms with van der Waals surface area (Å²) in [6.45, 7) is 3.77. The van der Waals surface area contributed by atoms with Crippen molar-refractivity contribution in [2.75, 3.05) is 6.61 Å². The van der Waals surface area contributed by atoms with E-state index in [0.29, 0.717) is 18.5 Å². The zero-order valence-electron chi connectivity index (χ0n) is 6.79. The van der Waals surface area contributed by atoms with Gasteiger partial charge in [0.2, 0.25) is 0 Å². The Morgan fingerprint density at radius 2 is 2.18 bits per heavy atom. The highest BCUT2D eigenvalue weighted by Crippen LogP contribution is 1.93. The Bertz CT molecular complexity index is 170. The summed E-state index contributed by atoms with van der Waals surface area (Å²) in [6.07, 6.45) is 2.43. The van der Waals surface area contributed by atoms with Gasteiger partial charge in [-0.1, -0.05) is 6.08 Å². The SMILES string of the molecule is CCOC(=O)C/C=C(\C)C=O. The van der Waals surface area contributed by atoms with Crippen LogP contribution < -0.4 is 0 Å². The lowest BCUT2D eigenvalue weighted by molar-refractivity contribution is -0.142. The number of esters is 1. The first kappa shape index (κ1) is 9.88. The molecule has 0 aromatic rings. The Kier molecular flexibility index (Phi) is 5.07. The van der Waals surface area contributed by atoms with Gasteiger partial charge in [0.25, 0.3) is 0 Å². The zero-order chi connectivity index (χ0) is 8.69. The van der Waals surface area contributed by atoms with Crippen LogP contribution in [0.25, 0.3) is 0 Å². The number of carbonyl (C=O) groups is 2. The summed E-state index contributed by atoms with van der Waals surface area (Å²) in [5, 5.41) is 0. The molecule has 0 saturated heterocycles. The zero-order valence-corrected chi connectivity index (χ0v) is 6.79. The monoisotopic (exact) mass is 156 g/mol. The van der Waals surface area contributed by atoms with E-state index in [2.05, 4.69) is 4.74 Å². The molecule has 0 fully saturated rings. The second-order valence-corrected chi connectivity index (χ2v) is 2.08. The van der Waals surface area contributed by atoms with Crippen LogP contribution in [0.2, 0.25) is 0 Å². The van der Waals surface area contributed by atoms with E-state index in [1.54, 1.807) is 19.9 Å². The number of allylic oxidation sites excluding steroid dienone is 1. The van der Waals surface area contributed by atoms with E-state index in [0.717, 1.165) is 0 Å². The van der Waals surface area contributed by atoms with Crippen LogP contribution in [0.15, 0.2) is 11.6 Å². The number of aldehydes is 1. The molecular weight excluding hydrogens is 144 g/mol. The molecule has 0 bridgehead atoms. The van der Waals surface area contributed by atoms with Crippen LogP contribution in [-0.2, 0) is 14.3 Å². The first-order valence-electron chi connectivity index (χ1n) is 3.48. The third-order valence-electron chi connectivity index (χ3n) is 1.08. The largest absolute Gasteiger partial charge is 0.466 e. The lowest BCUT2D eigenvalue weighted by Gasteiger charge is -1.96. The predicted molar refractivity (Wildman–Crippen MR) is 41.1 cm³/mol. The van der Waals surface area contributed by atoms with Gasteiger partial charge in [0, 0.05) is 0 Å². The number of ether oxygens (including phenoxy) is 1. The lowest BCUT2D eigenvalue weighted by atomic mass is 10.3. The smallest absolute Gasteiger partial charge is 0.309 e. The fourth-order valence-electron chi connectivity index (χ4n) is 0.512. The summed E-state index contributed by atoms with van der Waals surface area (Å²) in [6, 6.07) is 0. The Hall–Kier alpha value is -1.12. The fraction of sp³-hybridized carbons (Fsp3) is 0.500. The molecule has 0 saturated carbocycles. The summed E-state index contributed by atoms with van der Waals surface area (Å²) < 4.78 is 4.64. The van der Waals surface area contributed by atoms with Crippen LogP contribution in [0.5, 0.6) is 0 Å². The minimum Gasteiger partial charge on any atom is -0.466 e. The average Bonchev–Trinajstić information content (AvgIpc) is 2.01. The van der Waals surface area contributed by atoms with Crippen LogP contribution in [0.1, 0.15) is 20.3 Å². The number of hydrogen-bond acceptors (Lipinski definition) is 3. The summed E-state index contributed by atoms with van der Waals surface area (Å²) in [5.41, 5.74) is 0.554. The van der Waals surface area contributed by atoms with Crippen molar-refractivity contribution in [1.29, 1.82) is 0 Å². The highest BCUT2D eigenvalue weighted by Gasteiger charge is 1.96. The Balaban J connectivity index is 3.68. The van der Waals surface area contributed by atoms with Gasteiger partial charge >= 0.3 is 5.97 Å². The first-order valence-corrected chi connectivity index (χ1v) is 3.48. The molecule has 0 aliphatic heterocycles. The first-order chi connectivity index (χ1) is 5.20. The quantitative estimate of drug-likeness (QED) is 0.347. The maximum atomic E-state index is 10.7. The van der Waals surface area contributed by atoms with Crippen molar-refractivity contribution in [3.05, 3.63) is 11.6 Å². The molecule has 0 N–H and O–H groups in total. The minimum atomic E-state index is -0.297. The number of hydrogen-bond donors (Lipinski definition) is 0. The molecule has 3 nitrogen and oxygen atoms in total. The molecule has 0 radical (unpaired) electrons. The lowest BCUT2D eigenvalue weighted by Crippen LogP contribution is -2.01. The molecule has 11 heavy (non-hydrogen) atoms. The second-order valence-electron chi connectivity index (χ2n) is 2.08. The average molecular weight is 156 g/mol. The van der Waals surface area contributed by atoms with Crippen molar-refractivity contribution in [3.63, 3.8) is 0 Å². The normalized spacial score (nSPS) is 10.9. The van der Waals surface area contributed by atoms with E-state index in [-0.39, 0.29) is 12.4 Å². The molecule has 0 aliphatic carbocycles. The summed E-state index contributed by atoms with van der Waals surface area (Å²) >= 11 is 0. The van der Waals surface area contributed by atoms with Gasteiger partial charge in [-0.05, 0) is 19.4 Å². The van der Waals surface area contributed by atoms with Crippen molar-refractivity contribution in [1.82, 2.24) is 0 Å². The van der Waals surface area contributed by atoms with Gasteiger partial charge in [-0.2, -0.15) is 0 Å². The molecule has 0 unspecified atom stereocenters. The van der Waals surface area contributed by atoms with E-state index in [9.17, 15) is 9.59 Å². The second kappa shape index (κ2) is 5.65. The van der Waals surface area contributed by atoms with Crippen molar-refractivity contribution in [3.8, 4) is 0 Å². The molecule has 0 aliphatic rings. The molecule has 62 valence electrons. The Morgan fingerprint density at radius 1 is 1.55 bits per heavy atom. The van der Waals surface area contributed by atoms with E-state index < -0.39 is 0 Å². The molecule has 0 amide bonds. The molecule has 0 spiro atoms. The van der Waals surface area contributed by atoms with Crippen molar-refractivity contribution in [2.45, 2.75) is 20.3 Å². The highest BCUT2D eigenvalue weighted by molar-refractivity contribution is 5.76. The third kappa shape index (κ3) is 5.33. The molecule has 3 heteroatoms. The third-order valence-corrected chi connectivity index (χ3v) is 1.08. The highest BCUT2D eigenvalue weighted by atomic mass is 16.5. The van der Waals surface area contributed by atoms with Crippen molar-refractivity contribution >= 4 is 12.3 Å². The van der Waals surface area contributed by atoms with Gasteiger partial charge in [0.05, 0.1) is 13.0 Å². The Morgan fingerprint density at radius 3 is 2.64 bits per heavy atom. The van der Waals surface area contributed by atoms with Gasteiger partial charge in [-0.15, -0.1) is 0 Å². The van der Waals surface area contributed by atoms with Crippen molar-refractivity contribution < 1.29 is 14.3 Å². The van der Waals surface area contributed by atoms with Crippen LogP contribution >= 0.6 is 0 Å². The summed E-state index contributed by atoms with van der Waals surface area (Å²) in [4.78, 5) is 20.7. The minimum absolute atomic E-state index is 0.179. The maximum Gasteiger partial charge on any atom is 0.309 e. The molecule has 0 rings (SSSR count). The number of rotatable bonds is 4. The topological polar surface area (TPSA) is 43.4 Å². The summed E-state index contributed by atoms with van der Waals surface area (Å²) in [5.74, 6) is -0.297. The van der Waals surface area contributed by atoms with Crippen LogP contribution in [0.4, 0.5) is 0 Å². The summed E-state index contributed by atoms with van der Waals surface area (Å²) in [7, 11) is 0. The van der Waals surface area contributed by atoms with Gasteiger partial charge in [-0.3, -0.25) is 9.59 Å². The van der Waals surface area contributed by atoms with Gasteiger partial charge in [-0.25, -0.2) is 0 Å². The van der Waals surface area contributed by atoms with Crippen LogP contribution in [0.3, 0.4) is 0 Å². The van der Waals surface area contributed by atoms with Gasteiger partial charge in [0.1, 0.15) is 6.29 Å². The predicted octanol–water partition coefficient (Wildman–Crippen LogP) is 1.08. The van der Waals surface area contributed by atoms with Crippen LogP contribution in [-0.4, -0.2) is 18.9 Å². The van der Waals surface area contributed by atoms with E-state index >= 15 is 0 Å². The van der Waals surface area contributed by atoms with E-state index in [4.69, 9.17) is 0 Å². The van der Waals surface area contributed by atoms with E-state index in [1.807, 2.05) is 0 Å². The standard InChI is InChI=1S/C8H12O3/c1-3-11-8(10)5-4-7(2)6-9/h4,6H,3,5H2,1-2H3/b7-4+. The van der Waals surface area contributed by atoms with Gasteiger partial charge < -0.3 is 4.74 Å². The fourth-order valence-corrected chi connectivity index (χ4v) is 0.512. The molecule has 0 aromatic carbocycles. The maximum absolute atomic E-state index is 10.7. The Labute approximate surface area is 66.0 Å². The number of carbonyl (C=O) groups excluding carboxylic acids is 2. The van der Waals surface area contributed by atoms with Crippen molar-refractivity contribution in [2.24, 2.45) is 0 Å².